The van der Waals surface area contributed by atoms with E-state index in [0.717, 1.165) is 37.6 Å². The maximum atomic E-state index is 12.3. The predicted octanol–water partition coefficient (Wildman–Crippen LogP) is 2.47. The molecule has 3 rings (SSSR count). The molecule has 2 heterocycles. The van der Waals surface area contributed by atoms with Crippen LogP contribution in [-0.4, -0.2) is 60.8 Å². The van der Waals surface area contributed by atoms with Crippen molar-refractivity contribution in [1.29, 1.82) is 0 Å². The van der Waals surface area contributed by atoms with E-state index in [1.54, 1.807) is 6.20 Å². The Morgan fingerprint density at radius 2 is 2.06 bits per heavy atom. The molecule has 1 aromatic heterocycles. The second-order valence-electron chi connectivity index (χ2n) is 7.65. The van der Waals surface area contributed by atoms with Gasteiger partial charge < -0.3 is 14.8 Å². The van der Waals surface area contributed by atoms with Crippen molar-refractivity contribution >= 4 is 40.0 Å². The molecule has 0 aliphatic carbocycles. The molecule has 2 atom stereocenters. The number of benzene rings is 1. The van der Waals surface area contributed by atoms with Gasteiger partial charge in [-0.1, -0.05) is 37.3 Å². The number of hydrogen-bond acceptors (Lipinski definition) is 4. The van der Waals surface area contributed by atoms with E-state index in [1.807, 2.05) is 49.8 Å². The lowest BCUT2D eigenvalue weighted by Gasteiger charge is -2.39. The van der Waals surface area contributed by atoms with E-state index in [2.05, 4.69) is 36.4 Å². The number of rotatable bonds is 8. The first kappa shape index (κ1) is 25.6. The molecule has 172 valence electrons. The van der Waals surface area contributed by atoms with Crippen molar-refractivity contribution in [2.45, 2.75) is 32.9 Å². The molecule has 31 heavy (non-hydrogen) atoms. The molecule has 10 heteroatoms. The fourth-order valence-electron chi connectivity index (χ4n) is 3.65. The molecule has 0 amide bonds. The molecule has 0 radical (unpaired) electrons. The minimum absolute atomic E-state index is 0. The second-order valence-corrected chi connectivity index (χ2v) is 9.58. The summed E-state index contributed by atoms with van der Waals surface area (Å²) in [6.07, 6.45) is 6.71. The number of aromatic nitrogens is 2. The summed E-state index contributed by atoms with van der Waals surface area (Å²) in [5.41, 5.74) is 0.936. The Hall–Kier alpha value is -1.66. The Morgan fingerprint density at radius 3 is 2.74 bits per heavy atom. The van der Waals surface area contributed by atoms with Crippen LogP contribution in [0.15, 0.2) is 54.0 Å². The Kier molecular flexibility index (Phi) is 10.2. The second kappa shape index (κ2) is 12.4. The van der Waals surface area contributed by atoms with Crippen LogP contribution < -0.4 is 10.0 Å². The van der Waals surface area contributed by atoms with Crippen LogP contribution in [-0.2, 0) is 16.6 Å². The topological polar surface area (TPSA) is 91.6 Å². The standard InChI is InChI=1S/C21H32N6O2S.HI/c1-3-23-21(26-12-9-18(2)20(16-26)27-13-10-22-17-27)24-11-14-30(28,29)25-15-19-7-5-4-6-8-19;/h4-8,10,13,17-18,20,25H,3,9,11-12,14-16H2,1-2H3,(H,23,24);1H. The van der Waals surface area contributed by atoms with Crippen molar-refractivity contribution in [3.63, 3.8) is 0 Å². The van der Waals surface area contributed by atoms with Crippen LogP contribution in [0.25, 0.3) is 0 Å². The summed E-state index contributed by atoms with van der Waals surface area (Å²) >= 11 is 0. The summed E-state index contributed by atoms with van der Waals surface area (Å²) in [5.74, 6) is 1.28. The van der Waals surface area contributed by atoms with Crippen LogP contribution in [0.2, 0.25) is 0 Å². The summed E-state index contributed by atoms with van der Waals surface area (Å²) < 4.78 is 29.5. The number of halogens is 1. The summed E-state index contributed by atoms with van der Waals surface area (Å²) in [6.45, 7) is 7.25. The molecule has 8 nitrogen and oxygen atoms in total. The summed E-state index contributed by atoms with van der Waals surface area (Å²) in [6, 6.07) is 9.82. The Morgan fingerprint density at radius 1 is 1.29 bits per heavy atom. The molecular formula is C21H33IN6O2S. The Balaban J connectivity index is 0.00000341. The molecule has 2 aromatic rings. The molecule has 2 unspecified atom stereocenters. The molecule has 1 aliphatic heterocycles. The van der Waals surface area contributed by atoms with Crippen molar-refractivity contribution in [3.8, 4) is 0 Å². The minimum atomic E-state index is -3.39. The van der Waals surface area contributed by atoms with Gasteiger partial charge in [0.25, 0.3) is 0 Å². The van der Waals surface area contributed by atoms with Crippen LogP contribution in [0.1, 0.15) is 31.9 Å². The molecule has 2 N–H and O–H groups in total. The molecule has 1 saturated heterocycles. The lowest BCUT2D eigenvalue weighted by molar-refractivity contribution is 0.189. The number of guanidine groups is 1. The normalized spacial score (nSPS) is 19.7. The number of nitrogens with one attached hydrogen (secondary N) is 2. The average molecular weight is 561 g/mol. The fraction of sp³-hybridized carbons (Fsp3) is 0.524. The SMILES string of the molecule is CCNC(=NCCS(=O)(=O)NCc1ccccc1)N1CCC(C)C(n2ccnc2)C1.I. The largest absolute Gasteiger partial charge is 0.357 e. The van der Waals surface area contributed by atoms with Crippen molar-refractivity contribution in [3.05, 3.63) is 54.6 Å². The van der Waals surface area contributed by atoms with E-state index in [-0.39, 0.29) is 36.3 Å². The number of likely N-dealkylation sites (tertiary alicyclic amines) is 1. The van der Waals surface area contributed by atoms with Gasteiger partial charge in [-0.25, -0.2) is 18.1 Å². The Bertz CT molecular complexity index is 905. The quantitative estimate of drug-likeness (QED) is 0.294. The van der Waals surface area contributed by atoms with Gasteiger partial charge in [-0.2, -0.15) is 0 Å². The van der Waals surface area contributed by atoms with Crippen LogP contribution >= 0.6 is 24.0 Å². The van der Waals surface area contributed by atoms with E-state index < -0.39 is 10.0 Å². The van der Waals surface area contributed by atoms with Gasteiger partial charge in [-0.15, -0.1) is 24.0 Å². The zero-order chi connectivity index (χ0) is 21.4. The molecule has 0 saturated carbocycles. The van der Waals surface area contributed by atoms with Crippen molar-refractivity contribution in [2.24, 2.45) is 10.9 Å². The molecule has 1 aromatic carbocycles. The van der Waals surface area contributed by atoms with Crippen LogP contribution in [0.4, 0.5) is 0 Å². The number of nitrogens with zero attached hydrogens (tertiary/aromatic N) is 4. The van der Waals surface area contributed by atoms with Crippen LogP contribution in [0, 0.1) is 5.92 Å². The first-order valence-electron chi connectivity index (χ1n) is 10.5. The third-order valence-electron chi connectivity index (χ3n) is 5.42. The number of aliphatic imine (C=N–C) groups is 1. The molecule has 1 fully saturated rings. The van der Waals surface area contributed by atoms with Gasteiger partial charge in [0.15, 0.2) is 5.96 Å². The number of hydrogen-bond donors (Lipinski definition) is 2. The zero-order valence-electron chi connectivity index (χ0n) is 18.1. The first-order valence-corrected chi connectivity index (χ1v) is 12.2. The molecular weight excluding hydrogens is 527 g/mol. The summed E-state index contributed by atoms with van der Waals surface area (Å²) in [7, 11) is -3.39. The minimum Gasteiger partial charge on any atom is -0.357 e. The fourth-order valence-corrected chi connectivity index (χ4v) is 4.52. The highest BCUT2D eigenvalue weighted by atomic mass is 127. The van der Waals surface area contributed by atoms with Gasteiger partial charge in [0, 0.05) is 38.6 Å². The van der Waals surface area contributed by atoms with Gasteiger partial charge in [0.2, 0.25) is 10.0 Å². The molecule has 0 bridgehead atoms. The maximum Gasteiger partial charge on any atom is 0.213 e. The first-order chi connectivity index (χ1) is 14.5. The van der Waals surface area contributed by atoms with Gasteiger partial charge in [-0.05, 0) is 24.8 Å². The van der Waals surface area contributed by atoms with Crippen LogP contribution in [0.5, 0.6) is 0 Å². The van der Waals surface area contributed by atoms with Gasteiger partial charge >= 0.3 is 0 Å². The molecule has 1 aliphatic rings. The van der Waals surface area contributed by atoms with Gasteiger partial charge in [0.1, 0.15) is 0 Å². The van der Waals surface area contributed by atoms with Crippen LogP contribution in [0.3, 0.4) is 0 Å². The molecule has 0 spiro atoms. The Labute approximate surface area is 202 Å². The third kappa shape index (κ3) is 7.76. The lowest BCUT2D eigenvalue weighted by atomic mass is 9.93. The zero-order valence-corrected chi connectivity index (χ0v) is 21.3. The van der Waals surface area contributed by atoms with Crippen molar-refractivity contribution in [1.82, 2.24) is 24.5 Å². The van der Waals surface area contributed by atoms with E-state index in [0.29, 0.717) is 18.5 Å². The average Bonchev–Trinajstić information content (AvgIpc) is 3.28. The van der Waals surface area contributed by atoms with E-state index in [9.17, 15) is 8.42 Å². The summed E-state index contributed by atoms with van der Waals surface area (Å²) in [5, 5.41) is 3.31. The highest BCUT2D eigenvalue weighted by Crippen LogP contribution is 2.27. The van der Waals surface area contributed by atoms with E-state index >= 15 is 0 Å². The highest BCUT2D eigenvalue weighted by Gasteiger charge is 2.28. The van der Waals surface area contributed by atoms with Gasteiger partial charge in [0.05, 0.1) is 24.7 Å². The van der Waals surface area contributed by atoms with Crippen molar-refractivity contribution < 1.29 is 8.42 Å². The van der Waals surface area contributed by atoms with E-state index in [4.69, 9.17) is 0 Å². The van der Waals surface area contributed by atoms with Gasteiger partial charge in [-0.3, -0.25) is 4.99 Å². The maximum absolute atomic E-state index is 12.3. The summed E-state index contributed by atoms with van der Waals surface area (Å²) in [4.78, 5) is 11.0. The smallest absolute Gasteiger partial charge is 0.213 e. The van der Waals surface area contributed by atoms with E-state index in [1.165, 1.54) is 0 Å². The number of sulfonamides is 1. The predicted molar refractivity (Wildman–Crippen MR) is 135 cm³/mol. The lowest BCUT2D eigenvalue weighted by Crippen LogP contribution is -2.49. The number of piperidine rings is 1. The van der Waals surface area contributed by atoms with Crippen molar-refractivity contribution in [2.75, 3.05) is 31.9 Å². The highest BCUT2D eigenvalue weighted by molar-refractivity contribution is 14.0. The monoisotopic (exact) mass is 560 g/mol. The third-order valence-corrected chi connectivity index (χ3v) is 6.73. The number of imidazole rings is 1.